The van der Waals surface area contributed by atoms with Crippen molar-refractivity contribution in [1.29, 1.82) is 0 Å². The highest BCUT2D eigenvalue weighted by Crippen LogP contribution is 2.31. The minimum atomic E-state index is -2.62. The minimum Gasteiger partial charge on any atom is -0.338 e. The number of H-pyrrole nitrogens is 2. The van der Waals surface area contributed by atoms with Gasteiger partial charge in [0.1, 0.15) is 5.69 Å². The Hall–Kier alpha value is -3.98. The lowest BCUT2D eigenvalue weighted by Crippen LogP contribution is -2.24. The molecule has 0 atom stereocenters. The maximum absolute atomic E-state index is 13.6. The maximum Gasteiger partial charge on any atom is 0.281 e. The fraction of sp³-hybridized carbons (Fsp3) is 0.200. The SMILES string of the molecule is O=c1nc(-c2n[nH]c3ccc(-c4cncc(CN5CCC(F)(F)C5)c4)cc23)[nH]c2ccccc12. The molecule has 4 heterocycles. The number of nitrogens with zero attached hydrogens (tertiary/aromatic N) is 4. The van der Waals surface area contributed by atoms with E-state index >= 15 is 0 Å². The highest BCUT2D eigenvalue weighted by atomic mass is 19.3. The molecule has 2 aromatic carbocycles. The highest BCUT2D eigenvalue weighted by Gasteiger charge is 2.37. The van der Waals surface area contributed by atoms with Crippen molar-refractivity contribution in [3.8, 4) is 22.6 Å². The van der Waals surface area contributed by atoms with Crippen LogP contribution in [0.4, 0.5) is 8.78 Å². The van der Waals surface area contributed by atoms with Crippen molar-refractivity contribution in [1.82, 2.24) is 30.0 Å². The molecular weight excluding hydrogens is 438 g/mol. The third-order valence-corrected chi connectivity index (χ3v) is 6.19. The number of benzene rings is 2. The summed E-state index contributed by atoms with van der Waals surface area (Å²) >= 11 is 0. The topological polar surface area (TPSA) is 90.6 Å². The van der Waals surface area contributed by atoms with Gasteiger partial charge in [0.25, 0.3) is 11.5 Å². The van der Waals surface area contributed by atoms with Crippen LogP contribution >= 0.6 is 0 Å². The van der Waals surface area contributed by atoms with Crippen LogP contribution in [-0.2, 0) is 6.54 Å². The zero-order valence-electron chi connectivity index (χ0n) is 18.1. The second-order valence-electron chi connectivity index (χ2n) is 8.67. The Morgan fingerprint density at radius 3 is 2.74 bits per heavy atom. The van der Waals surface area contributed by atoms with Crippen LogP contribution in [0.3, 0.4) is 0 Å². The average molecular weight is 458 g/mol. The van der Waals surface area contributed by atoms with Crippen molar-refractivity contribution in [2.75, 3.05) is 13.1 Å². The summed E-state index contributed by atoms with van der Waals surface area (Å²) in [4.78, 5) is 26.0. The number of hydrogen-bond acceptors (Lipinski definition) is 5. The number of halogens is 2. The molecule has 2 N–H and O–H groups in total. The molecule has 34 heavy (non-hydrogen) atoms. The standard InChI is InChI=1S/C25H20F2N6O/c26-25(27)7-8-33(14-25)13-15-9-17(12-28-11-15)16-5-6-21-19(10-16)22(32-31-21)23-29-20-4-2-1-3-18(20)24(34)30-23/h1-6,9-12H,7-8,13-14H2,(H,31,32)(H,29,30,34). The molecule has 0 unspecified atom stereocenters. The molecule has 0 spiro atoms. The summed E-state index contributed by atoms with van der Waals surface area (Å²) in [5.74, 6) is -2.24. The molecule has 7 nitrogen and oxygen atoms in total. The summed E-state index contributed by atoms with van der Waals surface area (Å²) in [5.41, 5.74) is 4.37. The Balaban J connectivity index is 1.37. The third kappa shape index (κ3) is 3.73. The molecule has 0 radical (unpaired) electrons. The number of alkyl halides is 2. The van der Waals surface area contributed by atoms with E-state index in [-0.39, 0.29) is 18.5 Å². The van der Waals surface area contributed by atoms with E-state index in [2.05, 4.69) is 25.1 Å². The van der Waals surface area contributed by atoms with Gasteiger partial charge in [0, 0.05) is 42.9 Å². The Morgan fingerprint density at radius 1 is 1.00 bits per heavy atom. The van der Waals surface area contributed by atoms with Gasteiger partial charge >= 0.3 is 0 Å². The predicted molar refractivity (Wildman–Crippen MR) is 126 cm³/mol. The zero-order chi connectivity index (χ0) is 23.3. The van der Waals surface area contributed by atoms with Gasteiger partial charge in [-0.25, -0.2) is 8.78 Å². The molecule has 1 aliphatic heterocycles. The van der Waals surface area contributed by atoms with Gasteiger partial charge in [-0.15, -0.1) is 0 Å². The van der Waals surface area contributed by atoms with Crippen molar-refractivity contribution in [2.45, 2.75) is 18.9 Å². The van der Waals surface area contributed by atoms with Crippen LogP contribution in [0.25, 0.3) is 44.5 Å². The van der Waals surface area contributed by atoms with Crippen molar-refractivity contribution in [3.63, 3.8) is 0 Å². The molecule has 0 aliphatic carbocycles. The number of nitrogens with one attached hydrogen (secondary N) is 2. The van der Waals surface area contributed by atoms with Crippen LogP contribution in [0.15, 0.2) is 65.7 Å². The van der Waals surface area contributed by atoms with Crippen LogP contribution in [0.1, 0.15) is 12.0 Å². The monoisotopic (exact) mass is 458 g/mol. The summed E-state index contributed by atoms with van der Waals surface area (Å²) in [6.07, 6.45) is 3.36. The fourth-order valence-corrected chi connectivity index (χ4v) is 4.51. The lowest BCUT2D eigenvalue weighted by atomic mass is 10.0. The molecular formula is C25H20F2N6O. The van der Waals surface area contributed by atoms with Crippen molar-refractivity contribution < 1.29 is 8.78 Å². The predicted octanol–water partition coefficient (Wildman–Crippen LogP) is 4.37. The number of aromatic nitrogens is 5. The van der Waals surface area contributed by atoms with Gasteiger partial charge in [0.2, 0.25) is 0 Å². The quantitative estimate of drug-likeness (QED) is 0.417. The molecule has 5 aromatic rings. The number of para-hydroxylation sites is 1. The molecule has 0 bridgehead atoms. The number of hydrogen-bond donors (Lipinski definition) is 2. The van der Waals surface area contributed by atoms with E-state index in [0.717, 1.165) is 27.6 Å². The normalized spacial score (nSPS) is 15.9. The Morgan fingerprint density at radius 2 is 1.88 bits per heavy atom. The first kappa shape index (κ1) is 20.6. The van der Waals surface area contributed by atoms with E-state index < -0.39 is 5.92 Å². The molecule has 9 heteroatoms. The summed E-state index contributed by atoms with van der Waals surface area (Å²) in [6.45, 7) is 0.578. The van der Waals surface area contributed by atoms with Gasteiger partial charge in [0.05, 0.1) is 23.0 Å². The summed E-state index contributed by atoms with van der Waals surface area (Å²) in [6, 6.07) is 15.0. The average Bonchev–Trinajstić information content (AvgIpc) is 3.41. The lowest BCUT2D eigenvalue weighted by Gasteiger charge is -2.15. The van der Waals surface area contributed by atoms with E-state index in [1.54, 1.807) is 29.4 Å². The number of likely N-dealkylation sites (tertiary alicyclic amines) is 1. The molecule has 6 rings (SSSR count). The van der Waals surface area contributed by atoms with E-state index in [0.29, 0.717) is 35.5 Å². The molecule has 1 aliphatic rings. The Bertz CT molecular complexity index is 1590. The van der Waals surface area contributed by atoms with Gasteiger partial charge in [-0.2, -0.15) is 10.1 Å². The second-order valence-corrected chi connectivity index (χ2v) is 8.67. The van der Waals surface area contributed by atoms with Gasteiger partial charge in [-0.1, -0.05) is 18.2 Å². The van der Waals surface area contributed by atoms with E-state index in [9.17, 15) is 13.6 Å². The molecule has 1 saturated heterocycles. The largest absolute Gasteiger partial charge is 0.338 e. The molecule has 3 aromatic heterocycles. The molecule has 170 valence electrons. The first-order chi connectivity index (χ1) is 16.4. The van der Waals surface area contributed by atoms with Gasteiger partial charge in [0.15, 0.2) is 5.82 Å². The molecule has 0 saturated carbocycles. The summed E-state index contributed by atoms with van der Waals surface area (Å²) in [5, 5.41) is 8.72. The Kier molecular flexibility index (Phi) is 4.73. The van der Waals surface area contributed by atoms with Crippen molar-refractivity contribution in [2.24, 2.45) is 0 Å². The fourth-order valence-electron chi connectivity index (χ4n) is 4.51. The van der Waals surface area contributed by atoms with Gasteiger partial charge in [-0.3, -0.25) is 19.8 Å². The van der Waals surface area contributed by atoms with Crippen LogP contribution in [0, 0.1) is 0 Å². The van der Waals surface area contributed by atoms with Crippen LogP contribution in [-0.4, -0.2) is 49.1 Å². The summed E-state index contributed by atoms with van der Waals surface area (Å²) < 4.78 is 27.1. The van der Waals surface area contributed by atoms with Crippen LogP contribution in [0.2, 0.25) is 0 Å². The highest BCUT2D eigenvalue weighted by molar-refractivity contribution is 5.95. The van der Waals surface area contributed by atoms with Crippen LogP contribution in [0.5, 0.6) is 0 Å². The zero-order valence-corrected chi connectivity index (χ0v) is 18.1. The number of aromatic amines is 2. The number of rotatable bonds is 4. The van der Waals surface area contributed by atoms with E-state index in [1.165, 1.54) is 0 Å². The van der Waals surface area contributed by atoms with E-state index in [1.807, 2.05) is 36.4 Å². The lowest BCUT2D eigenvalue weighted by molar-refractivity contribution is 0.0115. The van der Waals surface area contributed by atoms with Crippen molar-refractivity contribution in [3.05, 3.63) is 76.8 Å². The maximum atomic E-state index is 13.6. The number of pyridine rings is 1. The van der Waals surface area contributed by atoms with Gasteiger partial charge in [-0.05, 0) is 41.5 Å². The smallest absolute Gasteiger partial charge is 0.281 e. The first-order valence-electron chi connectivity index (χ1n) is 11.0. The van der Waals surface area contributed by atoms with Crippen molar-refractivity contribution >= 4 is 21.8 Å². The molecule has 1 fully saturated rings. The molecule has 0 amide bonds. The van der Waals surface area contributed by atoms with Crippen LogP contribution < -0.4 is 5.56 Å². The third-order valence-electron chi connectivity index (χ3n) is 6.19. The first-order valence-corrected chi connectivity index (χ1v) is 11.0. The summed E-state index contributed by atoms with van der Waals surface area (Å²) in [7, 11) is 0. The van der Waals surface area contributed by atoms with E-state index in [4.69, 9.17) is 0 Å². The number of fused-ring (bicyclic) bond motifs is 2. The second kappa shape index (κ2) is 7.81. The van der Waals surface area contributed by atoms with Gasteiger partial charge < -0.3 is 4.98 Å². The Labute approximate surface area is 192 Å². The minimum absolute atomic E-state index is 0.106.